The third-order valence-electron chi connectivity index (χ3n) is 7.54. The highest BCUT2D eigenvalue weighted by molar-refractivity contribution is 6.04. The molecule has 6 rings (SSSR count). The maximum atomic E-state index is 12.2. The molecule has 4 aromatic heterocycles. The standard InChI is InChI=1S/C32H26N6O8/c39-17-45-32(46-18-40)38-14-13-37(29(30(41)42)31(43)44)15-21-3-1-5-23(33-21)25-11-9-19-7-8-20-10-12-26(36-28(20)27(19)35-25)24-6-2-4-22(16-38)34-24/h1-12,17-18,29,32H,13-16H2,(H,41,42)(H,43,44). The highest BCUT2D eigenvalue weighted by atomic mass is 16.7. The number of carbonyl (C=O) groups excluding carboxylic acids is 2. The minimum Gasteiger partial charge on any atom is -0.480 e. The van der Waals surface area contributed by atoms with Crippen molar-refractivity contribution in [3.8, 4) is 22.8 Å². The van der Waals surface area contributed by atoms with E-state index in [2.05, 4.69) is 0 Å². The smallest absolute Gasteiger partial charge is 0.332 e. The number of hydrogen-bond donors (Lipinski definition) is 2. The van der Waals surface area contributed by atoms with Gasteiger partial charge in [0.05, 0.1) is 45.2 Å². The van der Waals surface area contributed by atoms with Gasteiger partial charge in [-0.1, -0.05) is 36.4 Å². The molecule has 0 unspecified atom stereocenters. The first-order valence-corrected chi connectivity index (χ1v) is 14.1. The number of nitrogens with zero attached hydrogens (tertiary/aromatic N) is 6. The fourth-order valence-corrected chi connectivity index (χ4v) is 5.42. The summed E-state index contributed by atoms with van der Waals surface area (Å²) in [6.07, 6.45) is -1.51. The Balaban J connectivity index is 1.54. The first kappa shape index (κ1) is 30.2. The minimum atomic E-state index is -1.94. The predicted molar refractivity (Wildman–Crippen MR) is 161 cm³/mol. The molecule has 0 saturated heterocycles. The average Bonchev–Trinajstić information content (AvgIpc) is 3.05. The van der Waals surface area contributed by atoms with Crippen molar-refractivity contribution in [3.63, 3.8) is 0 Å². The van der Waals surface area contributed by atoms with E-state index in [1.807, 2.05) is 36.4 Å². The predicted octanol–water partition coefficient (Wildman–Crippen LogP) is 2.69. The number of benzene rings is 1. The monoisotopic (exact) mass is 622 g/mol. The van der Waals surface area contributed by atoms with Gasteiger partial charge in [-0.25, -0.2) is 34.4 Å². The van der Waals surface area contributed by atoms with Crippen molar-refractivity contribution in [1.82, 2.24) is 29.7 Å². The van der Waals surface area contributed by atoms with Gasteiger partial charge in [-0.15, -0.1) is 0 Å². The van der Waals surface area contributed by atoms with Crippen LogP contribution in [0.1, 0.15) is 11.4 Å². The molecule has 232 valence electrons. The Bertz CT molecular complexity index is 1950. The van der Waals surface area contributed by atoms with Crippen LogP contribution in [0.25, 0.3) is 44.6 Å². The molecule has 46 heavy (non-hydrogen) atoms. The quantitative estimate of drug-likeness (QED) is 0.111. The summed E-state index contributed by atoms with van der Waals surface area (Å²) in [5, 5.41) is 21.5. The van der Waals surface area contributed by atoms with Gasteiger partial charge in [0.1, 0.15) is 0 Å². The summed E-state index contributed by atoms with van der Waals surface area (Å²) in [6.45, 7) is -0.273. The van der Waals surface area contributed by atoms with Crippen molar-refractivity contribution in [3.05, 3.63) is 84.2 Å². The maximum Gasteiger partial charge on any atom is 0.332 e. The molecule has 8 bridgehead atoms. The van der Waals surface area contributed by atoms with Crippen molar-refractivity contribution in [2.75, 3.05) is 13.1 Å². The Hall–Kier alpha value is -5.86. The van der Waals surface area contributed by atoms with Gasteiger partial charge in [0.25, 0.3) is 12.9 Å². The number of carboxylic acids is 2. The third kappa shape index (κ3) is 6.20. The van der Waals surface area contributed by atoms with Crippen LogP contribution in [0.2, 0.25) is 0 Å². The maximum absolute atomic E-state index is 12.2. The fourth-order valence-electron chi connectivity index (χ4n) is 5.42. The van der Waals surface area contributed by atoms with E-state index in [1.165, 1.54) is 9.80 Å². The Morgan fingerprint density at radius 2 is 1.07 bits per heavy atom. The zero-order valence-electron chi connectivity index (χ0n) is 24.1. The first-order valence-electron chi connectivity index (χ1n) is 14.1. The van der Waals surface area contributed by atoms with Crippen LogP contribution in [0, 0.1) is 0 Å². The van der Waals surface area contributed by atoms with E-state index in [-0.39, 0.29) is 39.1 Å². The van der Waals surface area contributed by atoms with Crippen LogP contribution < -0.4 is 0 Å². The molecule has 1 aliphatic rings. The van der Waals surface area contributed by atoms with E-state index in [0.717, 1.165) is 10.8 Å². The molecule has 5 aromatic rings. The van der Waals surface area contributed by atoms with Crippen molar-refractivity contribution < 1.29 is 38.9 Å². The van der Waals surface area contributed by atoms with E-state index in [0.29, 0.717) is 45.2 Å². The lowest BCUT2D eigenvalue weighted by Crippen LogP contribution is -2.50. The molecular weight excluding hydrogens is 596 g/mol. The van der Waals surface area contributed by atoms with Gasteiger partial charge in [-0.3, -0.25) is 14.5 Å². The van der Waals surface area contributed by atoms with Crippen LogP contribution in [-0.4, -0.2) is 90.4 Å². The van der Waals surface area contributed by atoms with Gasteiger partial charge in [0.15, 0.2) is 0 Å². The molecule has 14 heteroatoms. The van der Waals surface area contributed by atoms with E-state index >= 15 is 0 Å². The number of aliphatic carboxylic acids is 2. The Morgan fingerprint density at radius 1 is 0.630 bits per heavy atom. The summed E-state index contributed by atoms with van der Waals surface area (Å²) < 4.78 is 10.0. The summed E-state index contributed by atoms with van der Waals surface area (Å²) in [4.78, 5) is 68.9. The van der Waals surface area contributed by atoms with Crippen LogP contribution in [0.15, 0.2) is 72.8 Å². The zero-order valence-corrected chi connectivity index (χ0v) is 24.1. The molecule has 0 amide bonds. The van der Waals surface area contributed by atoms with Crippen LogP contribution in [0.4, 0.5) is 0 Å². The molecule has 14 nitrogen and oxygen atoms in total. The molecule has 5 heterocycles. The van der Waals surface area contributed by atoms with Gasteiger partial charge < -0.3 is 19.7 Å². The Labute approximate surface area is 260 Å². The molecule has 0 saturated carbocycles. The van der Waals surface area contributed by atoms with Gasteiger partial charge in [-0.05, 0) is 36.4 Å². The molecule has 0 fully saturated rings. The lowest BCUT2D eigenvalue weighted by molar-refractivity contribution is -0.208. The van der Waals surface area contributed by atoms with Crippen LogP contribution in [0.5, 0.6) is 0 Å². The molecular formula is C32H26N6O8. The molecule has 0 aliphatic carbocycles. The molecule has 0 radical (unpaired) electrons. The molecule has 2 N–H and O–H groups in total. The van der Waals surface area contributed by atoms with Crippen LogP contribution >= 0.6 is 0 Å². The summed E-state index contributed by atoms with van der Waals surface area (Å²) in [5.41, 5.74) is 4.30. The number of carboxylic acid groups (broad SMARTS) is 2. The molecule has 1 aromatic carbocycles. The van der Waals surface area contributed by atoms with E-state index in [1.54, 1.807) is 36.4 Å². The van der Waals surface area contributed by atoms with Crippen LogP contribution in [0.3, 0.4) is 0 Å². The number of rotatable bonds is 8. The van der Waals surface area contributed by atoms with Gasteiger partial charge in [0, 0.05) is 37.0 Å². The summed E-state index contributed by atoms with van der Waals surface area (Å²) in [7, 11) is 0. The van der Waals surface area contributed by atoms with Crippen molar-refractivity contribution in [1.29, 1.82) is 0 Å². The lowest BCUT2D eigenvalue weighted by Gasteiger charge is -2.32. The van der Waals surface area contributed by atoms with E-state index in [9.17, 15) is 29.4 Å². The van der Waals surface area contributed by atoms with Crippen molar-refractivity contribution >= 4 is 46.7 Å². The second-order valence-corrected chi connectivity index (χ2v) is 10.4. The lowest BCUT2D eigenvalue weighted by atomic mass is 10.1. The fraction of sp³-hybridized carbons (Fsp3) is 0.188. The highest BCUT2D eigenvalue weighted by Crippen LogP contribution is 2.28. The summed E-state index contributed by atoms with van der Waals surface area (Å²) in [5.74, 6) is -3.16. The Kier molecular flexibility index (Phi) is 8.54. The molecule has 0 spiro atoms. The first-order chi connectivity index (χ1) is 22.3. The summed E-state index contributed by atoms with van der Waals surface area (Å²) in [6, 6.07) is 19.9. The van der Waals surface area contributed by atoms with Gasteiger partial charge in [0.2, 0.25) is 6.04 Å². The Morgan fingerprint density at radius 3 is 1.54 bits per heavy atom. The van der Waals surface area contributed by atoms with E-state index in [4.69, 9.17) is 29.4 Å². The summed E-state index contributed by atoms with van der Waals surface area (Å²) >= 11 is 0. The number of pyridine rings is 4. The number of aromatic nitrogens is 4. The molecule has 1 aliphatic heterocycles. The van der Waals surface area contributed by atoms with Crippen molar-refractivity contribution in [2.24, 2.45) is 0 Å². The number of fused-ring (bicyclic) bond motifs is 8. The third-order valence-corrected chi connectivity index (χ3v) is 7.54. The van der Waals surface area contributed by atoms with Crippen LogP contribution in [-0.2, 0) is 41.7 Å². The number of hydrogen-bond acceptors (Lipinski definition) is 12. The SMILES string of the molecule is O=COC(OC=O)N1CCN(C(C(=O)O)C(=O)O)Cc2cccc(n2)-c2ccc3ccc4ccc(nc4c3n2)-c2cccc(n2)C1. The largest absolute Gasteiger partial charge is 0.480 e. The number of ether oxygens (including phenoxy) is 2. The normalized spacial score (nSPS) is 14.0. The van der Waals surface area contributed by atoms with E-state index < -0.39 is 24.4 Å². The second kappa shape index (κ2) is 13.0. The second-order valence-electron chi connectivity index (χ2n) is 10.4. The van der Waals surface area contributed by atoms with Gasteiger partial charge in [-0.2, -0.15) is 0 Å². The molecule has 0 atom stereocenters. The minimum absolute atomic E-state index is 0.0337. The highest BCUT2D eigenvalue weighted by Gasteiger charge is 2.34. The number of carbonyl (C=O) groups is 4. The zero-order chi connectivity index (χ0) is 32.2. The topological polar surface area (TPSA) is 185 Å². The van der Waals surface area contributed by atoms with Gasteiger partial charge >= 0.3 is 18.4 Å². The van der Waals surface area contributed by atoms with Crippen molar-refractivity contribution in [2.45, 2.75) is 25.5 Å². The average molecular weight is 623 g/mol.